The Hall–Kier alpha value is -3.02. The maximum Gasteiger partial charge on any atom is 0.217 e. The van der Waals surface area contributed by atoms with Crippen LogP contribution in [0.1, 0.15) is 43.4 Å². The van der Waals surface area contributed by atoms with E-state index in [0.717, 1.165) is 53.6 Å². The summed E-state index contributed by atoms with van der Waals surface area (Å²) in [5, 5.41) is 3.42. The van der Waals surface area contributed by atoms with Crippen molar-refractivity contribution in [2.24, 2.45) is 0 Å². The topological polar surface area (TPSA) is 72.8 Å². The van der Waals surface area contributed by atoms with Gasteiger partial charge in [0.1, 0.15) is 18.2 Å². The number of ether oxygens (including phenoxy) is 1. The average Bonchev–Trinajstić information content (AvgIpc) is 2.70. The first-order valence-electron chi connectivity index (χ1n) is 9.79. The van der Waals surface area contributed by atoms with E-state index < -0.39 is 0 Å². The number of hydrogen-bond acceptors (Lipinski definition) is 6. The molecular formula is C22H25N5O. The summed E-state index contributed by atoms with van der Waals surface area (Å²) in [6.45, 7) is 4.87. The zero-order chi connectivity index (χ0) is 19.3. The minimum atomic E-state index is 0.239. The van der Waals surface area contributed by atoms with Gasteiger partial charge in [-0.1, -0.05) is 13.0 Å². The molecule has 6 heteroatoms. The highest BCUT2D eigenvalue weighted by Crippen LogP contribution is 2.30. The van der Waals surface area contributed by atoms with Gasteiger partial charge >= 0.3 is 0 Å². The van der Waals surface area contributed by atoms with Crippen LogP contribution in [0.25, 0.3) is 11.3 Å². The van der Waals surface area contributed by atoms with E-state index in [4.69, 9.17) is 4.74 Å². The first-order chi connectivity index (χ1) is 13.7. The van der Waals surface area contributed by atoms with Crippen molar-refractivity contribution >= 4 is 5.82 Å². The molecule has 0 spiro atoms. The molecule has 1 atom stereocenters. The lowest BCUT2D eigenvalue weighted by atomic mass is 9.96. The molecule has 1 unspecified atom stereocenters. The SMILES string of the molecule is Cc1ccc(-c2cc(NCC(C)c3cccnc3OC3CCC3)ncn2)cn1. The Morgan fingerprint density at radius 2 is 2.04 bits per heavy atom. The predicted octanol–water partition coefficient (Wildman–Crippen LogP) is 4.39. The summed E-state index contributed by atoms with van der Waals surface area (Å²) >= 11 is 0. The molecule has 0 saturated heterocycles. The Morgan fingerprint density at radius 1 is 1.14 bits per heavy atom. The molecule has 3 aromatic heterocycles. The molecule has 1 fully saturated rings. The zero-order valence-electron chi connectivity index (χ0n) is 16.3. The lowest BCUT2D eigenvalue weighted by Gasteiger charge is -2.27. The molecule has 28 heavy (non-hydrogen) atoms. The molecule has 0 bridgehead atoms. The Bertz CT molecular complexity index is 924. The first kappa shape index (κ1) is 18.3. The second kappa shape index (κ2) is 8.33. The van der Waals surface area contributed by atoms with Gasteiger partial charge in [0.2, 0.25) is 5.88 Å². The van der Waals surface area contributed by atoms with Crippen LogP contribution in [0.15, 0.2) is 49.1 Å². The van der Waals surface area contributed by atoms with Crippen molar-refractivity contribution in [2.75, 3.05) is 11.9 Å². The molecule has 0 aliphatic heterocycles. The van der Waals surface area contributed by atoms with Gasteiger partial charge in [-0.05, 0) is 44.4 Å². The lowest BCUT2D eigenvalue weighted by molar-refractivity contribution is 0.113. The Balaban J connectivity index is 1.43. The number of anilines is 1. The standard InChI is InChI=1S/C22H25N5O/c1-15(19-7-4-10-23-22(19)28-18-5-3-6-18)12-25-21-11-20(26-14-27-21)17-9-8-16(2)24-13-17/h4,7-11,13-15,18H,3,5-6,12H2,1-2H3,(H,25,26,27). The highest BCUT2D eigenvalue weighted by Gasteiger charge is 2.22. The predicted molar refractivity (Wildman–Crippen MR) is 109 cm³/mol. The minimum absolute atomic E-state index is 0.239. The van der Waals surface area contributed by atoms with E-state index in [2.05, 4.69) is 38.2 Å². The van der Waals surface area contributed by atoms with Crippen LogP contribution in [0.4, 0.5) is 5.82 Å². The molecule has 3 heterocycles. The maximum absolute atomic E-state index is 6.07. The van der Waals surface area contributed by atoms with Crippen LogP contribution in [-0.2, 0) is 0 Å². The van der Waals surface area contributed by atoms with E-state index in [-0.39, 0.29) is 5.92 Å². The number of hydrogen-bond donors (Lipinski definition) is 1. The first-order valence-corrected chi connectivity index (χ1v) is 9.79. The molecule has 6 nitrogen and oxygen atoms in total. The molecule has 1 aliphatic carbocycles. The number of aryl methyl sites for hydroxylation is 1. The van der Waals surface area contributed by atoms with E-state index >= 15 is 0 Å². The van der Waals surface area contributed by atoms with E-state index in [1.165, 1.54) is 6.42 Å². The molecule has 3 aromatic rings. The van der Waals surface area contributed by atoms with E-state index in [0.29, 0.717) is 6.10 Å². The van der Waals surface area contributed by atoms with Crippen LogP contribution in [0.5, 0.6) is 5.88 Å². The number of aromatic nitrogens is 4. The lowest BCUT2D eigenvalue weighted by Crippen LogP contribution is -2.26. The van der Waals surface area contributed by atoms with Crippen LogP contribution in [0.2, 0.25) is 0 Å². The summed E-state index contributed by atoms with van der Waals surface area (Å²) in [5.41, 5.74) is 3.95. The fraction of sp³-hybridized carbons (Fsp3) is 0.364. The molecule has 4 rings (SSSR count). The highest BCUT2D eigenvalue weighted by atomic mass is 16.5. The van der Waals surface area contributed by atoms with Crippen molar-refractivity contribution in [3.8, 4) is 17.1 Å². The van der Waals surface area contributed by atoms with E-state index in [9.17, 15) is 0 Å². The van der Waals surface area contributed by atoms with Crippen molar-refractivity contribution in [3.05, 3.63) is 60.3 Å². The van der Waals surface area contributed by atoms with Crippen LogP contribution in [0.3, 0.4) is 0 Å². The summed E-state index contributed by atoms with van der Waals surface area (Å²) in [5.74, 6) is 1.79. The van der Waals surface area contributed by atoms with Gasteiger partial charge in [0.05, 0.1) is 5.69 Å². The number of pyridine rings is 2. The quantitative estimate of drug-likeness (QED) is 0.660. The Labute approximate surface area is 165 Å². The van der Waals surface area contributed by atoms with Crippen molar-refractivity contribution in [1.82, 2.24) is 19.9 Å². The monoisotopic (exact) mass is 375 g/mol. The minimum Gasteiger partial charge on any atom is -0.474 e. The van der Waals surface area contributed by atoms with Gasteiger partial charge in [-0.15, -0.1) is 0 Å². The van der Waals surface area contributed by atoms with Crippen LogP contribution >= 0.6 is 0 Å². The van der Waals surface area contributed by atoms with Gasteiger partial charge in [0.15, 0.2) is 0 Å². The zero-order valence-corrected chi connectivity index (χ0v) is 16.3. The van der Waals surface area contributed by atoms with Crippen LogP contribution in [0, 0.1) is 6.92 Å². The van der Waals surface area contributed by atoms with E-state index in [1.807, 2.05) is 37.4 Å². The molecule has 0 aromatic carbocycles. The fourth-order valence-corrected chi connectivity index (χ4v) is 3.12. The molecule has 1 N–H and O–H groups in total. The smallest absolute Gasteiger partial charge is 0.217 e. The average molecular weight is 375 g/mol. The van der Waals surface area contributed by atoms with Crippen molar-refractivity contribution in [1.29, 1.82) is 0 Å². The molecule has 1 aliphatic rings. The molecule has 0 radical (unpaired) electrons. The second-order valence-electron chi connectivity index (χ2n) is 7.33. The number of rotatable bonds is 7. The van der Waals surface area contributed by atoms with Crippen LogP contribution in [-0.4, -0.2) is 32.6 Å². The van der Waals surface area contributed by atoms with Crippen molar-refractivity contribution < 1.29 is 4.74 Å². The summed E-state index contributed by atoms with van der Waals surface area (Å²) in [6, 6.07) is 10.0. The summed E-state index contributed by atoms with van der Waals surface area (Å²) in [7, 11) is 0. The molecular weight excluding hydrogens is 350 g/mol. The van der Waals surface area contributed by atoms with E-state index in [1.54, 1.807) is 12.5 Å². The Kier molecular flexibility index (Phi) is 5.46. The van der Waals surface area contributed by atoms with Gasteiger partial charge in [-0.3, -0.25) is 4.98 Å². The van der Waals surface area contributed by atoms with Gasteiger partial charge in [0, 0.05) is 47.7 Å². The highest BCUT2D eigenvalue weighted by molar-refractivity contribution is 5.61. The Morgan fingerprint density at radius 3 is 2.79 bits per heavy atom. The van der Waals surface area contributed by atoms with Gasteiger partial charge in [-0.25, -0.2) is 15.0 Å². The molecule has 144 valence electrons. The largest absolute Gasteiger partial charge is 0.474 e. The normalized spacial score (nSPS) is 14.9. The third-order valence-corrected chi connectivity index (χ3v) is 5.13. The second-order valence-corrected chi connectivity index (χ2v) is 7.33. The van der Waals surface area contributed by atoms with Crippen molar-refractivity contribution in [2.45, 2.75) is 45.1 Å². The number of nitrogens with zero attached hydrogens (tertiary/aromatic N) is 4. The van der Waals surface area contributed by atoms with Crippen molar-refractivity contribution in [3.63, 3.8) is 0 Å². The fourth-order valence-electron chi connectivity index (χ4n) is 3.12. The van der Waals surface area contributed by atoms with Crippen LogP contribution < -0.4 is 10.1 Å². The van der Waals surface area contributed by atoms with Gasteiger partial charge in [0.25, 0.3) is 0 Å². The molecule has 0 amide bonds. The molecule has 1 saturated carbocycles. The summed E-state index contributed by atoms with van der Waals surface area (Å²) in [6.07, 6.45) is 9.03. The summed E-state index contributed by atoms with van der Waals surface area (Å²) in [4.78, 5) is 17.5. The maximum atomic E-state index is 6.07. The number of nitrogens with one attached hydrogen (secondary N) is 1. The van der Waals surface area contributed by atoms with Gasteiger partial charge in [-0.2, -0.15) is 0 Å². The summed E-state index contributed by atoms with van der Waals surface area (Å²) < 4.78 is 6.07. The van der Waals surface area contributed by atoms with Gasteiger partial charge < -0.3 is 10.1 Å². The third-order valence-electron chi connectivity index (χ3n) is 5.13. The third kappa shape index (κ3) is 4.27.